The Morgan fingerprint density at radius 1 is 1.29 bits per heavy atom. The van der Waals surface area contributed by atoms with Crippen LogP contribution in [0, 0.1) is 5.92 Å². The second-order valence-corrected chi connectivity index (χ2v) is 8.89. The first-order valence-electron chi connectivity index (χ1n) is 7.67. The SMILES string of the molecule is C[C@@H]1CCCN(S(=O)(=O)c2nnc(NC(=O)c3ccccc3)s2)C1. The minimum absolute atomic E-state index is 0.0834. The van der Waals surface area contributed by atoms with E-state index in [1.165, 1.54) is 4.31 Å². The fourth-order valence-corrected chi connectivity index (χ4v) is 5.23. The molecule has 1 atom stereocenters. The largest absolute Gasteiger partial charge is 0.296 e. The highest BCUT2D eigenvalue weighted by molar-refractivity contribution is 7.91. The van der Waals surface area contributed by atoms with Gasteiger partial charge in [-0.3, -0.25) is 10.1 Å². The van der Waals surface area contributed by atoms with Gasteiger partial charge in [0, 0.05) is 18.7 Å². The molecule has 1 aromatic heterocycles. The van der Waals surface area contributed by atoms with Gasteiger partial charge in [0.25, 0.3) is 15.9 Å². The molecular formula is C15H18N4O3S2. The molecule has 1 N–H and O–H groups in total. The standard InChI is InChI=1S/C15H18N4O3S2/c1-11-6-5-9-19(10-11)24(21,22)15-18-17-14(23-15)16-13(20)12-7-3-2-4-8-12/h2-4,7-8,11H,5-6,9-10H2,1H3,(H,16,17,20)/t11-/m1/s1. The number of carbonyl (C=O) groups is 1. The molecule has 1 fully saturated rings. The van der Waals surface area contributed by atoms with Crippen LogP contribution in [0.3, 0.4) is 0 Å². The fraction of sp³-hybridized carbons (Fsp3) is 0.400. The van der Waals surface area contributed by atoms with E-state index >= 15 is 0 Å². The van der Waals surface area contributed by atoms with E-state index in [0.29, 0.717) is 24.6 Å². The summed E-state index contributed by atoms with van der Waals surface area (Å²) < 4.78 is 26.6. The zero-order valence-corrected chi connectivity index (χ0v) is 14.8. The molecule has 0 unspecified atom stereocenters. The number of aromatic nitrogens is 2. The number of hydrogen-bond donors (Lipinski definition) is 1. The molecule has 3 rings (SSSR count). The Kier molecular flexibility index (Phi) is 4.93. The molecule has 1 aromatic carbocycles. The minimum Gasteiger partial charge on any atom is -0.296 e. The second kappa shape index (κ2) is 6.96. The van der Waals surface area contributed by atoms with Crippen molar-refractivity contribution in [2.45, 2.75) is 24.1 Å². The van der Waals surface area contributed by atoms with E-state index in [-0.39, 0.29) is 15.4 Å². The number of amides is 1. The van der Waals surface area contributed by atoms with Gasteiger partial charge in [-0.1, -0.05) is 36.5 Å². The summed E-state index contributed by atoms with van der Waals surface area (Å²) in [6, 6.07) is 8.66. The van der Waals surface area contributed by atoms with E-state index < -0.39 is 10.0 Å². The maximum atomic E-state index is 12.6. The van der Waals surface area contributed by atoms with Gasteiger partial charge in [-0.15, -0.1) is 10.2 Å². The zero-order valence-electron chi connectivity index (χ0n) is 13.2. The lowest BCUT2D eigenvalue weighted by molar-refractivity contribution is 0.102. The maximum absolute atomic E-state index is 12.6. The van der Waals surface area contributed by atoms with Gasteiger partial charge in [-0.2, -0.15) is 4.31 Å². The van der Waals surface area contributed by atoms with Crippen molar-refractivity contribution in [3.63, 3.8) is 0 Å². The number of nitrogens with zero attached hydrogens (tertiary/aromatic N) is 3. The van der Waals surface area contributed by atoms with E-state index in [4.69, 9.17) is 0 Å². The maximum Gasteiger partial charge on any atom is 0.272 e. The molecule has 0 aliphatic carbocycles. The fourth-order valence-electron chi connectivity index (χ4n) is 2.60. The highest BCUT2D eigenvalue weighted by atomic mass is 32.2. The van der Waals surface area contributed by atoms with E-state index in [0.717, 1.165) is 24.2 Å². The first-order chi connectivity index (χ1) is 11.5. The lowest BCUT2D eigenvalue weighted by Crippen LogP contribution is -2.39. The summed E-state index contributed by atoms with van der Waals surface area (Å²) in [6.07, 6.45) is 1.87. The smallest absolute Gasteiger partial charge is 0.272 e. The molecule has 24 heavy (non-hydrogen) atoms. The van der Waals surface area contributed by atoms with E-state index in [1.54, 1.807) is 24.3 Å². The first kappa shape index (κ1) is 17.0. The summed E-state index contributed by atoms with van der Waals surface area (Å²) in [7, 11) is -3.65. The number of benzene rings is 1. The molecule has 1 aliphatic heterocycles. The molecule has 1 aliphatic rings. The molecule has 0 bridgehead atoms. The molecular weight excluding hydrogens is 348 g/mol. The third kappa shape index (κ3) is 3.63. The average Bonchev–Trinajstić information content (AvgIpc) is 3.05. The summed E-state index contributed by atoms with van der Waals surface area (Å²) in [5, 5.41) is 10.3. The van der Waals surface area contributed by atoms with Crippen LogP contribution in [0.15, 0.2) is 34.7 Å². The molecule has 0 radical (unpaired) electrons. The van der Waals surface area contributed by atoms with Gasteiger partial charge in [0.15, 0.2) is 0 Å². The van der Waals surface area contributed by atoms with Gasteiger partial charge in [-0.05, 0) is 30.9 Å². The van der Waals surface area contributed by atoms with Crippen molar-refractivity contribution in [1.82, 2.24) is 14.5 Å². The van der Waals surface area contributed by atoms with E-state index in [2.05, 4.69) is 15.5 Å². The number of piperidine rings is 1. The predicted molar refractivity (Wildman–Crippen MR) is 91.5 cm³/mol. The second-order valence-electron chi connectivity index (χ2n) is 5.80. The van der Waals surface area contributed by atoms with Crippen molar-refractivity contribution in [2.24, 2.45) is 5.92 Å². The van der Waals surface area contributed by atoms with E-state index in [1.807, 2.05) is 13.0 Å². The van der Waals surface area contributed by atoms with Gasteiger partial charge in [0.05, 0.1) is 0 Å². The predicted octanol–water partition coefficient (Wildman–Crippen LogP) is 2.21. The Morgan fingerprint density at radius 3 is 2.75 bits per heavy atom. The number of nitrogens with one attached hydrogen (secondary N) is 1. The van der Waals surface area contributed by atoms with Gasteiger partial charge in [0.1, 0.15) is 0 Å². The van der Waals surface area contributed by atoms with Crippen LogP contribution >= 0.6 is 11.3 Å². The number of hydrogen-bond acceptors (Lipinski definition) is 6. The molecule has 128 valence electrons. The van der Waals surface area contributed by atoms with E-state index in [9.17, 15) is 13.2 Å². The summed E-state index contributed by atoms with van der Waals surface area (Å²) >= 11 is 0.874. The van der Waals surface area contributed by atoms with Gasteiger partial charge < -0.3 is 0 Å². The quantitative estimate of drug-likeness (QED) is 0.838. The third-order valence-corrected chi connectivity index (χ3v) is 6.89. The molecule has 0 saturated carbocycles. The first-order valence-corrected chi connectivity index (χ1v) is 9.92. The molecule has 7 nitrogen and oxygen atoms in total. The highest BCUT2D eigenvalue weighted by Gasteiger charge is 2.31. The van der Waals surface area contributed by atoms with Crippen LogP contribution in [0.2, 0.25) is 0 Å². The average molecular weight is 366 g/mol. The topological polar surface area (TPSA) is 92.3 Å². The van der Waals surface area contributed by atoms with Crippen molar-refractivity contribution in [3.8, 4) is 0 Å². The van der Waals surface area contributed by atoms with Crippen LogP contribution in [0.1, 0.15) is 30.1 Å². The lowest BCUT2D eigenvalue weighted by atomic mass is 10.0. The zero-order chi connectivity index (χ0) is 17.2. The van der Waals surface area contributed by atoms with Crippen LogP contribution < -0.4 is 5.32 Å². The van der Waals surface area contributed by atoms with Crippen LogP contribution in [-0.2, 0) is 10.0 Å². The molecule has 1 saturated heterocycles. The van der Waals surface area contributed by atoms with Crippen LogP contribution in [0.25, 0.3) is 0 Å². The van der Waals surface area contributed by atoms with Gasteiger partial charge >= 0.3 is 0 Å². The van der Waals surface area contributed by atoms with Crippen LogP contribution in [-0.4, -0.2) is 41.9 Å². The molecule has 9 heteroatoms. The van der Waals surface area contributed by atoms with Crippen molar-refractivity contribution in [1.29, 1.82) is 0 Å². The van der Waals surface area contributed by atoms with Crippen LogP contribution in [0.5, 0.6) is 0 Å². The number of anilines is 1. The minimum atomic E-state index is -3.65. The Bertz CT molecular complexity index is 820. The van der Waals surface area contributed by atoms with Gasteiger partial charge in [-0.25, -0.2) is 8.42 Å². The molecule has 1 amide bonds. The number of sulfonamides is 1. The van der Waals surface area contributed by atoms with Crippen molar-refractivity contribution in [2.75, 3.05) is 18.4 Å². The summed E-state index contributed by atoms with van der Waals surface area (Å²) in [5.41, 5.74) is 0.474. The summed E-state index contributed by atoms with van der Waals surface area (Å²) in [4.78, 5) is 12.1. The van der Waals surface area contributed by atoms with Gasteiger partial charge in [0.2, 0.25) is 9.47 Å². The Labute approximate surface area is 144 Å². The Hall–Kier alpha value is -1.84. The lowest BCUT2D eigenvalue weighted by Gasteiger charge is -2.28. The molecule has 2 heterocycles. The monoisotopic (exact) mass is 366 g/mol. The summed E-state index contributed by atoms with van der Waals surface area (Å²) in [5.74, 6) is -0.0130. The number of rotatable bonds is 4. The Balaban J connectivity index is 1.74. The summed E-state index contributed by atoms with van der Waals surface area (Å²) in [6.45, 7) is 3.03. The Morgan fingerprint density at radius 2 is 2.04 bits per heavy atom. The molecule has 0 spiro atoms. The van der Waals surface area contributed by atoms with Crippen LogP contribution in [0.4, 0.5) is 5.13 Å². The van der Waals surface area contributed by atoms with Crippen molar-refractivity contribution >= 4 is 32.4 Å². The third-order valence-electron chi connectivity index (χ3n) is 3.84. The van der Waals surface area contributed by atoms with Crippen molar-refractivity contribution in [3.05, 3.63) is 35.9 Å². The normalized spacial score (nSPS) is 19.1. The highest BCUT2D eigenvalue weighted by Crippen LogP contribution is 2.27. The number of carbonyl (C=O) groups excluding carboxylic acids is 1. The molecule has 2 aromatic rings. The van der Waals surface area contributed by atoms with Crippen molar-refractivity contribution < 1.29 is 13.2 Å².